The van der Waals surface area contributed by atoms with Crippen LogP contribution in [0.2, 0.25) is 0 Å². The van der Waals surface area contributed by atoms with Crippen molar-refractivity contribution in [2.45, 2.75) is 19.1 Å². The number of nitrogens with zero attached hydrogens (tertiary/aromatic N) is 4. The molecule has 8 nitrogen and oxygen atoms in total. The number of ether oxygens (including phenoxy) is 1. The smallest absolute Gasteiger partial charge is 0.362 e. The molecule has 3 rings (SSSR count). The van der Waals surface area contributed by atoms with Crippen molar-refractivity contribution >= 4 is 23.6 Å². The Bertz CT molecular complexity index is 683. The number of aliphatic hydroxyl groups is 1. The van der Waals surface area contributed by atoms with Gasteiger partial charge in [-0.15, -0.1) is 0 Å². The molecule has 20 heavy (non-hydrogen) atoms. The zero-order chi connectivity index (χ0) is 14.2. The summed E-state index contributed by atoms with van der Waals surface area (Å²) >= 11 is 0. The summed E-state index contributed by atoms with van der Waals surface area (Å²) in [5.41, 5.74) is -1.05. The fraction of sp³-hybridized carbons (Fsp3) is 0.333. The predicted molar refractivity (Wildman–Crippen MR) is 68.9 cm³/mol. The van der Waals surface area contributed by atoms with E-state index in [1.165, 1.54) is 11.2 Å². The van der Waals surface area contributed by atoms with Gasteiger partial charge in [-0.05, 0) is 13.0 Å². The van der Waals surface area contributed by atoms with E-state index in [9.17, 15) is 9.90 Å². The summed E-state index contributed by atoms with van der Waals surface area (Å²) < 4.78 is 6.49. The van der Waals surface area contributed by atoms with Crippen LogP contribution in [0.15, 0.2) is 29.6 Å². The first-order valence-corrected chi connectivity index (χ1v) is 6.23. The van der Waals surface area contributed by atoms with E-state index in [0.29, 0.717) is 5.82 Å². The number of aromatic nitrogens is 3. The monoisotopic (exact) mass is 276 g/mol. The topological polar surface area (TPSA) is 93.6 Å². The lowest BCUT2D eigenvalue weighted by Crippen LogP contribution is -2.51. The number of fused-ring (bicyclic) bond motifs is 1. The Balaban J connectivity index is 1.98. The Kier molecular flexibility index (Phi) is 2.87. The normalized spacial score (nSPS) is 21.6. The minimum atomic E-state index is -1.84. The van der Waals surface area contributed by atoms with Crippen LogP contribution in [-0.4, -0.2) is 39.2 Å². The highest BCUT2D eigenvalue weighted by atomic mass is 16.6. The average molecular weight is 276 g/mol. The molecule has 1 atom stereocenters. The first-order valence-electron chi connectivity index (χ1n) is 6.23. The fourth-order valence-corrected chi connectivity index (χ4v) is 2.06. The van der Waals surface area contributed by atoms with E-state index in [-0.39, 0.29) is 13.0 Å². The Morgan fingerprint density at radius 3 is 3.25 bits per heavy atom. The van der Waals surface area contributed by atoms with Gasteiger partial charge in [-0.1, -0.05) is 9.61 Å². The first-order chi connectivity index (χ1) is 9.65. The third kappa shape index (κ3) is 1.81. The average Bonchev–Trinajstić information content (AvgIpc) is 3.05. The number of hydrogen-bond donors (Lipinski definition) is 1. The standard InChI is InChI=1S/C12H13N5O3/c1-2-20-11(18)12(19)5-6-14-17(12)10-4-3-9-13-7-8-16(9)15-10/h3-4,6-8,19H,2,5H2,1H3/p+1. The van der Waals surface area contributed by atoms with Crippen LogP contribution in [0.3, 0.4) is 0 Å². The molecule has 0 radical (unpaired) electrons. The van der Waals surface area contributed by atoms with Gasteiger partial charge in [-0.2, -0.15) is 5.10 Å². The molecule has 0 amide bonds. The minimum absolute atomic E-state index is 0.0589. The second-order valence-corrected chi connectivity index (χ2v) is 4.33. The molecular weight excluding hydrogens is 262 g/mol. The van der Waals surface area contributed by atoms with Crippen LogP contribution in [0, 0.1) is 0 Å². The molecule has 2 aromatic rings. The minimum Gasteiger partial charge on any atom is -0.462 e. The van der Waals surface area contributed by atoms with Gasteiger partial charge in [-0.3, -0.25) is 0 Å². The molecule has 8 heteroatoms. The molecule has 3 heterocycles. The molecule has 0 bridgehead atoms. The molecule has 0 spiro atoms. The van der Waals surface area contributed by atoms with Crippen molar-refractivity contribution in [3.05, 3.63) is 24.5 Å². The molecule has 1 aliphatic heterocycles. The molecule has 1 unspecified atom stereocenters. The Labute approximate surface area is 114 Å². The molecule has 0 fully saturated rings. The van der Waals surface area contributed by atoms with E-state index in [1.54, 1.807) is 36.0 Å². The number of aromatic amines is 1. The summed E-state index contributed by atoms with van der Waals surface area (Å²) in [4.78, 5) is 14.9. The van der Waals surface area contributed by atoms with Crippen LogP contribution < -0.4 is 9.99 Å². The van der Waals surface area contributed by atoms with E-state index in [2.05, 4.69) is 15.2 Å². The third-order valence-electron chi connectivity index (χ3n) is 3.04. The maximum atomic E-state index is 11.9. The summed E-state index contributed by atoms with van der Waals surface area (Å²) in [7, 11) is 0. The zero-order valence-electron chi connectivity index (χ0n) is 10.9. The number of imidazole rings is 1. The summed E-state index contributed by atoms with van der Waals surface area (Å²) in [5.74, 6) is -0.384. The van der Waals surface area contributed by atoms with E-state index in [0.717, 1.165) is 5.65 Å². The van der Waals surface area contributed by atoms with Gasteiger partial charge in [0.05, 0.1) is 6.61 Å². The molecule has 1 aliphatic rings. The van der Waals surface area contributed by atoms with Gasteiger partial charge in [-0.25, -0.2) is 14.8 Å². The van der Waals surface area contributed by atoms with Crippen molar-refractivity contribution in [1.82, 2.24) is 9.61 Å². The number of rotatable bonds is 3. The number of H-pyrrole nitrogens is 1. The summed E-state index contributed by atoms with van der Waals surface area (Å²) in [6.07, 6.45) is 4.98. The highest BCUT2D eigenvalue weighted by Gasteiger charge is 2.48. The number of hydrogen-bond acceptors (Lipinski definition) is 6. The molecule has 0 saturated carbocycles. The lowest BCUT2D eigenvalue weighted by Gasteiger charge is -2.28. The number of esters is 1. The van der Waals surface area contributed by atoms with Crippen LogP contribution in [0.1, 0.15) is 13.3 Å². The molecule has 0 saturated heterocycles. The lowest BCUT2D eigenvalue weighted by molar-refractivity contribution is -0.344. The van der Waals surface area contributed by atoms with Crippen molar-refractivity contribution in [2.24, 2.45) is 5.10 Å². The highest BCUT2D eigenvalue weighted by molar-refractivity contribution is 5.89. The van der Waals surface area contributed by atoms with Crippen LogP contribution in [0.4, 0.5) is 5.82 Å². The van der Waals surface area contributed by atoms with Gasteiger partial charge in [0.2, 0.25) is 0 Å². The number of carbonyl (C=O) groups excluding carboxylic acids is 1. The Morgan fingerprint density at radius 1 is 1.60 bits per heavy atom. The van der Waals surface area contributed by atoms with Crippen LogP contribution in [0.25, 0.3) is 5.65 Å². The summed E-state index contributed by atoms with van der Waals surface area (Å²) in [6, 6.07) is 3.44. The van der Waals surface area contributed by atoms with Crippen LogP contribution in [0.5, 0.6) is 0 Å². The molecule has 2 N–H and O–H groups in total. The number of anilines is 1. The molecule has 2 aromatic heterocycles. The second-order valence-electron chi connectivity index (χ2n) is 4.33. The quantitative estimate of drug-likeness (QED) is 0.770. The zero-order valence-corrected chi connectivity index (χ0v) is 10.9. The number of hydrazone groups is 1. The SMILES string of the molecule is CCOC(=O)C1(O)CC=NN1c1ccc2[nH+]ccn2n1. The Hall–Kier alpha value is -2.48. The van der Waals surface area contributed by atoms with Crippen molar-refractivity contribution < 1.29 is 19.6 Å². The highest BCUT2D eigenvalue weighted by Crippen LogP contribution is 2.28. The van der Waals surface area contributed by atoms with Gasteiger partial charge in [0.15, 0.2) is 12.0 Å². The van der Waals surface area contributed by atoms with Gasteiger partial charge < -0.3 is 9.84 Å². The van der Waals surface area contributed by atoms with E-state index >= 15 is 0 Å². The van der Waals surface area contributed by atoms with Crippen LogP contribution >= 0.6 is 0 Å². The predicted octanol–water partition coefficient (Wildman–Crippen LogP) is -0.404. The van der Waals surface area contributed by atoms with Gasteiger partial charge in [0.1, 0.15) is 6.20 Å². The number of carbonyl (C=O) groups is 1. The Morgan fingerprint density at radius 2 is 2.45 bits per heavy atom. The van der Waals surface area contributed by atoms with Gasteiger partial charge in [0.25, 0.3) is 5.72 Å². The van der Waals surface area contributed by atoms with Gasteiger partial charge >= 0.3 is 11.6 Å². The van der Waals surface area contributed by atoms with Crippen molar-refractivity contribution in [3.63, 3.8) is 0 Å². The summed E-state index contributed by atoms with van der Waals surface area (Å²) in [6.45, 7) is 1.87. The van der Waals surface area contributed by atoms with Crippen molar-refractivity contribution in [2.75, 3.05) is 11.6 Å². The van der Waals surface area contributed by atoms with E-state index in [4.69, 9.17) is 4.74 Å². The molecule has 0 aliphatic carbocycles. The van der Waals surface area contributed by atoms with E-state index in [1.807, 2.05) is 0 Å². The largest absolute Gasteiger partial charge is 0.462 e. The molecule has 104 valence electrons. The first kappa shape index (κ1) is 12.5. The number of nitrogens with one attached hydrogen (secondary N) is 1. The van der Waals surface area contributed by atoms with Crippen molar-refractivity contribution in [1.29, 1.82) is 0 Å². The van der Waals surface area contributed by atoms with Crippen LogP contribution in [-0.2, 0) is 9.53 Å². The molecule has 0 aromatic carbocycles. The maximum absolute atomic E-state index is 11.9. The van der Waals surface area contributed by atoms with Crippen molar-refractivity contribution in [3.8, 4) is 0 Å². The second kappa shape index (κ2) is 4.57. The van der Waals surface area contributed by atoms with Gasteiger partial charge in [0, 0.05) is 18.7 Å². The lowest BCUT2D eigenvalue weighted by atomic mass is 10.1. The van der Waals surface area contributed by atoms with E-state index < -0.39 is 11.7 Å². The third-order valence-corrected chi connectivity index (χ3v) is 3.04. The summed E-state index contributed by atoms with van der Waals surface area (Å²) in [5, 5.41) is 20.0. The maximum Gasteiger partial charge on any atom is 0.362 e. The molecular formula is C12H14N5O3+. The fourth-order valence-electron chi connectivity index (χ4n) is 2.06.